The first-order chi connectivity index (χ1) is 31.9. The summed E-state index contributed by atoms with van der Waals surface area (Å²) < 4.78 is 1.67. The van der Waals surface area contributed by atoms with E-state index in [0.717, 1.165) is 49.9 Å². The van der Waals surface area contributed by atoms with Gasteiger partial charge in [-0.25, -0.2) is 4.70 Å². The third-order valence-corrected chi connectivity index (χ3v) is 14.8. The molecule has 0 aromatic heterocycles. The second kappa shape index (κ2) is 39.5. The molecule has 2 nitrogen and oxygen atoms in total. The first-order valence-corrected chi connectivity index (χ1v) is 29.2. The zero-order valence-corrected chi connectivity index (χ0v) is 44.9. The van der Waals surface area contributed by atoms with E-state index in [1.807, 2.05) is 14.4 Å². The molecule has 0 saturated carbocycles. The van der Waals surface area contributed by atoms with Crippen LogP contribution in [0.5, 0.6) is 0 Å². The van der Waals surface area contributed by atoms with Crippen molar-refractivity contribution in [1.82, 2.24) is 0 Å². The van der Waals surface area contributed by atoms with Crippen molar-refractivity contribution < 1.29 is 19.1 Å². The van der Waals surface area contributed by atoms with Crippen LogP contribution < -0.4 is 0 Å². The molecule has 2 unspecified atom stereocenters. The monoisotopic (exact) mass is 933 g/mol. The van der Waals surface area contributed by atoms with E-state index >= 15 is 0 Å². The van der Waals surface area contributed by atoms with E-state index in [1.165, 1.54) is 198 Å². The van der Waals surface area contributed by atoms with Crippen molar-refractivity contribution in [2.75, 3.05) is 0 Å². The predicted molar refractivity (Wildman–Crippen MR) is 287 cm³/mol. The molecule has 2 aromatic carbocycles. The Labute approximate surface area is 410 Å². The number of nitrogens with zero attached hydrogens (tertiary/aromatic N) is 2. The Bertz CT molecular complexity index is 1620. The Balaban J connectivity index is 0.00000274. The summed E-state index contributed by atoms with van der Waals surface area (Å²) in [6.45, 7) is 18.3. The fourth-order valence-electron chi connectivity index (χ4n) is 9.52. The van der Waals surface area contributed by atoms with Gasteiger partial charge in [0.05, 0.1) is 0 Å². The summed E-state index contributed by atoms with van der Waals surface area (Å²) in [7, 11) is 0. The average molecular weight is 934 g/mol. The molecule has 2 aromatic rings. The van der Waals surface area contributed by atoms with Crippen molar-refractivity contribution >= 4 is 11.4 Å². The Morgan fingerprint density at radius 3 is 1.23 bits per heavy atom. The van der Waals surface area contributed by atoms with E-state index < -0.39 is 0 Å². The number of rotatable bonds is 38. The molecule has 3 rings (SSSR count). The van der Waals surface area contributed by atoms with E-state index in [2.05, 4.69) is 128 Å². The second-order valence-electron chi connectivity index (χ2n) is 19.0. The van der Waals surface area contributed by atoms with Gasteiger partial charge in [0.1, 0.15) is 0 Å². The van der Waals surface area contributed by atoms with Crippen LogP contribution in [0.1, 0.15) is 257 Å². The van der Waals surface area contributed by atoms with Gasteiger partial charge < -0.3 is 5.53 Å². The molecule has 370 valence electrons. The van der Waals surface area contributed by atoms with Gasteiger partial charge >= 0.3 is 39.1 Å². The third-order valence-electron chi connectivity index (χ3n) is 13.8. The quantitative estimate of drug-likeness (QED) is 0.0277. The van der Waals surface area contributed by atoms with Crippen molar-refractivity contribution in [3.63, 3.8) is 0 Å². The van der Waals surface area contributed by atoms with Gasteiger partial charge in [-0.05, 0) is 125 Å². The number of hydrogen-bond donors (Lipinski definition) is 0. The van der Waals surface area contributed by atoms with Crippen LogP contribution in [-0.2, 0) is 27.3 Å². The standard InChI is InChI=1S/C58H92N2.2C2H5.Ni/c1-7-13-17-20-22-24-26-28-30-37-49(11-5)45-47-51-39-33-35-42-53(51)57-55(41-16-10-4)56(44-32-19-15-9-3)58(60(57)59)54-43-36-34-40-52(54)48-46-50(12-6)38-31-29-27-25-23-21-18-14-8-2;2*1-2;/h28-31,33-36,39-40,42-43,49-50H,7-27,32,37-38,41,44-48H2,1-6H3;2*1H2,2H3;. The van der Waals surface area contributed by atoms with Crippen LogP contribution in [0.4, 0.5) is 0 Å². The van der Waals surface area contributed by atoms with Crippen LogP contribution in [0.25, 0.3) is 16.9 Å². The average Bonchev–Trinajstić information content (AvgIpc) is 3.60. The summed E-state index contributed by atoms with van der Waals surface area (Å²) in [5.74, 6) is 1.36. The van der Waals surface area contributed by atoms with Gasteiger partial charge in [0.2, 0.25) is 11.4 Å². The minimum atomic E-state index is 0.679. The predicted octanol–water partition coefficient (Wildman–Crippen LogP) is 21.3. The topological polar surface area (TPSA) is 25.3 Å². The fourth-order valence-corrected chi connectivity index (χ4v) is 10.0. The van der Waals surface area contributed by atoms with E-state index in [9.17, 15) is 5.53 Å². The van der Waals surface area contributed by atoms with Gasteiger partial charge in [-0.2, -0.15) is 0 Å². The van der Waals surface area contributed by atoms with Gasteiger partial charge in [0.25, 0.3) is 0 Å². The molecule has 0 bridgehead atoms. The minimum absolute atomic E-state index is 0.679. The zero-order valence-electron chi connectivity index (χ0n) is 43.9. The van der Waals surface area contributed by atoms with Crippen molar-refractivity contribution in [3.05, 3.63) is 112 Å². The van der Waals surface area contributed by atoms with Crippen LogP contribution in [0.2, 0.25) is 10.8 Å². The maximum atomic E-state index is 12.7. The summed E-state index contributed by atoms with van der Waals surface area (Å²) in [5, 5.41) is 2.56. The molecule has 3 heteroatoms. The van der Waals surface area contributed by atoms with E-state index in [4.69, 9.17) is 0 Å². The second-order valence-corrected chi connectivity index (χ2v) is 20.8. The van der Waals surface area contributed by atoms with Gasteiger partial charge in [0.15, 0.2) is 0 Å². The zero-order chi connectivity index (χ0) is 47.2. The molecule has 1 aliphatic heterocycles. The Morgan fingerprint density at radius 1 is 0.446 bits per heavy atom. The summed E-state index contributed by atoms with van der Waals surface area (Å²) >= 11 is 1.82. The van der Waals surface area contributed by atoms with E-state index in [0.29, 0.717) is 11.8 Å². The van der Waals surface area contributed by atoms with Crippen LogP contribution in [0.15, 0.2) is 84.0 Å². The SMILES string of the molecule is CCCCCCCCC=CCC(CC)CCc1ccccc1C1=C(CCCC)C(CCCCCC)=C(c2ccccc2CCC(CC)CC=CCCCCCCCC)[N+]1=[N-].C[CH2][Ni][CH2]C. The summed E-state index contributed by atoms with van der Waals surface area (Å²) in [5.41, 5.74) is 22.8. The molecule has 0 N–H and O–H groups in total. The summed E-state index contributed by atoms with van der Waals surface area (Å²) in [6, 6.07) is 18.1. The van der Waals surface area contributed by atoms with Crippen LogP contribution >= 0.6 is 0 Å². The number of unbranched alkanes of at least 4 members (excludes halogenated alkanes) is 16. The molecule has 1 aliphatic rings. The molecule has 0 amide bonds. The first kappa shape index (κ1) is 58.6. The molecular weight excluding hydrogens is 831 g/mol. The molecule has 0 radical (unpaired) electrons. The molecular formula is C62H102N2Ni. The third kappa shape index (κ3) is 23.9. The van der Waals surface area contributed by atoms with Gasteiger partial charge in [-0.1, -0.05) is 205 Å². The van der Waals surface area contributed by atoms with Crippen LogP contribution in [0.3, 0.4) is 0 Å². The van der Waals surface area contributed by atoms with Crippen LogP contribution in [0, 0.1) is 11.8 Å². The first-order valence-electron chi connectivity index (χ1n) is 27.8. The number of allylic oxidation sites excluding steroid dienone is 6. The number of benzene rings is 2. The molecule has 0 spiro atoms. The molecule has 65 heavy (non-hydrogen) atoms. The van der Waals surface area contributed by atoms with E-state index in [-0.39, 0.29) is 0 Å². The van der Waals surface area contributed by atoms with Crippen molar-refractivity contribution in [2.45, 2.75) is 259 Å². The normalized spacial score (nSPS) is 14.1. The number of hydrogen-bond acceptors (Lipinski definition) is 0. The summed E-state index contributed by atoms with van der Waals surface area (Å²) in [4.78, 5) is 0. The van der Waals surface area contributed by atoms with Gasteiger partial charge in [0, 0.05) is 22.3 Å². The molecule has 0 aliphatic carbocycles. The van der Waals surface area contributed by atoms with Crippen molar-refractivity contribution in [1.29, 1.82) is 0 Å². The molecule has 2 atom stereocenters. The van der Waals surface area contributed by atoms with Crippen LogP contribution in [-0.4, -0.2) is 4.70 Å². The van der Waals surface area contributed by atoms with Gasteiger partial charge in [-0.15, -0.1) is 0 Å². The van der Waals surface area contributed by atoms with E-state index in [1.54, 1.807) is 4.70 Å². The molecule has 0 saturated heterocycles. The maximum absolute atomic E-state index is 12.7. The Hall–Kier alpha value is -2.51. The van der Waals surface area contributed by atoms with Crippen molar-refractivity contribution in [2.24, 2.45) is 11.8 Å². The number of aryl methyl sites for hydroxylation is 2. The summed E-state index contributed by atoms with van der Waals surface area (Å²) in [6.07, 6.45) is 47.1. The van der Waals surface area contributed by atoms with Crippen molar-refractivity contribution in [3.8, 4) is 0 Å². The molecule has 1 heterocycles. The fraction of sp³-hybridized carbons (Fsp3) is 0.677. The molecule has 0 fully saturated rings. The van der Waals surface area contributed by atoms with Gasteiger partial charge in [-0.3, -0.25) is 0 Å². The Morgan fingerprint density at radius 2 is 0.831 bits per heavy atom. The Kier molecular flexibility index (Phi) is 35.6.